The third kappa shape index (κ3) is 2.88. The number of carbonyl (C=O) groups excluding carboxylic acids is 1. The Morgan fingerprint density at radius 2 is 1.95 bits per heavy atom. The molecule has 1 fully saturated rings. The lowest BCUT2D eigenvalue weighted by atomic mass is 9.77. The molecule has 1 saturated heterocycles. The summed E-state index contributed by atoms with van der Waals surface area (Å²) in [5.74, 6) is 0.247. The molecule has 1 atom stereocenters. The SMILES string of the molecule is CCC1(C(=O)N(C)c2cc(C)cc(C)c2)CCCNC1. The number of hydrogen-bond acceptors (Lipinski definition) is 2. The molecule has 1 aromatic rings. The fraction of sp³-hybridized carbons (Fsp3) is 0.588. The number of nitrogens with zero attached hydrogens (tertiary/aromatic N) is 1. The molecule has 0 bridgehead atoms. The molecule has 0 aromatic heterocycles. The summed E-state index contributed by atoms with van der Waals surface area (Å²) in [5, 5.41) is 3.39. The van der Waals surface area contributed by atoms with Crippen LogP contribution in [0.4, 0.5) is 5.69 Å². The molecular weight excluding hydrogens is 248 g/mol. The van der Waals surface area contributed by atoms with E-state index in [1.807, 2.05) is 11.9 Å². The van der Waals surface area contributed by atoms with Crippen LogP contribution in [-0.4, -0.2) is 26.0 Å². The highest BCUT2D eigenvalue weighted by molar-refractivity contribution is 5.97. The first-order valence-corrected chi connectivity index (χ1v) is 7.56. The largest absolute Gasteiger partial charge is 0.316 e. The van der Waals surface area contributed by atoms with Crippen LogP contribution in [0.3, 0.4) is 0 Å². The van der Waals surface area contributed by atoms with Gasteiger partial charge in [0.25, 0.3) is 0 Å². The van der Waals surface area contributed by atoms with E-state index in [-0.39, 0.29) is 11.3 Å². The fourth-order valence-corrected chi connectivity index (χ4v) is 3.22. The van der Waals surface area contributed by atoms with E-state index < -0.39 is 0 Å². The summed E-state index contributed by atoms with van der Waals surface area (Å²) < 4.78 is 0. The summed E-state index contributed by atoms with van der Waals surface area (Å²) in [6, 6.07) is 6.31. The number of carbonyl (C=O) groups is 1. The molecule has 1 heterocycles. The standard InChI is InChI=1S/C17H26N2O/c1-5-17(7-6-8-18-12-17)16(20)19(4)15-10-13(2)9-14(3)11-15/h9-11,18H,5-8,12H2,1-4H3. The molecule has 2 rings (SSSR count). The van der Waals surface area contributed by atoms with Crippen LogP contribution in [0.15, 0.2) is 18.2 Å². The molecule has 0 spiro atoms. The zero-order valence-electron chi connectivity index (χ0n) is 13.1. The van der Waals surface area contributed by atoms with Crippen molar-refractivity contribution in [1.82, 2.24) is 5.32 Å². The second kappa shape index (κ2) is 5.96. The lowest BCUT2D eigenvalue weighted by Gasteiger charge is -2.38. The van der Waals surface area contributed by atoms with Crippen molar-refractivity contribution in [2.24, 2.45) is 5.41 Å². The molecule has 110 valence electrons. The lowest BCUT2D eigenvalue weighted by molar-refractivity contribution is -0.129. The Bertz CT molecular complexity index is 470. The van der Waals surface area contributed by atoms with Crippen LogP contribution in [0, 0.1) is 19.3 Å². The third-order valence-electron chi connectivity index (χ3n) is 4.50. The van der Waals surface area contributed by atoms with Gasteiger partial charge in [-0.05, 0) is 62.9 Å². The van der Waals surface area contributed by atoms with Gasteiger partial charge >= 0.3 is 0 Å². The summed E-state index contributed by atoms with van der Waals surface area (Å²) >= 11 is 0. The predicted molar refractivity (Wildman–Crippen MR) is 84.2 cm³/mol. The molecule has 0 saturated carbocycles. The number of amides is 1. The maximum atomic E-state index is 13.0. The minimum absolute atomic E-state index is 0.231. The van der Waals surface area contributed by atoms with Gasteiger partial charge in [-0.3, -0.25) is 4.79 Å². The first-order valence-electron chi connectivity index (χ1n) is 7.56. The quantitative estimate of drug-likeness (QED) is 0.919. The predicted octanol–water partition coefficient (Wildman–Crippen LogP) is 3.05. The van der Waals surface area contributed by atoms with E-state index in [9.17, 15) is 4.79 Å². The molecule has 3 nitrogen and oxygen atoms in total. The van der Waals surface area contributed by atoms with Gasteiger partial charge in [-0.1, -0.05) is 13.0 Å². The van der Waals surface area contributed by atoms with Gasteiger partial charge in [0.15, 0.2) is 0 Å². The highest BCUT2D eigenvalue weighted by Crippen LogP contribution is 2.33. The number of nitrogens with one attached hydrogen (secondary N) is 1. The maximum absolute atomic E-state index is 13.0. The van der Waals surface area contributed by atoms with Crippen molar-refractivity contribution in [3.8, 4) is 0 Å². The van der Waals surface area contributed by atoms with Gasteiger partial charge in [-0.2, -0.15) is 0 Å². The van der Waals surface area contributed by atoms with Crippen molar-refractivity contribution in [1.29, 1.82) is 0 Å². The average Bonchev–Trinajstić information content (AvgIpc) is 2.45. The van der Waals surface area contributed by atoms with Gasteiger partial charge in [0.2, 0.25) is 5.91 Å². The molecule has 0 radical (unpaired) electrons. The van der Waals surface area contributed by atoms with E-state index in [0.29, 0.717) is 0 Å². The van der Waals surface area contributed by atoms with Crippen LogP contribution in [0.2, 0.25) is 0 Å². The monoisotopic (exact) mass is 274 g/mol. The Morgan fingerprint density at radius 1 is 1.30 bits per heavy atom. The topological polar surface area (TPSA) is 32.3 Å². The molecule has 0 aliphatic carbocycles. The highest BCUT2D eigenvalue weighted by Gasteiger charge is 2.39. The molecular formula is C17H26N2O. The highest BCUT2D eigenvalue weighted by atomic mass is 16.2. The second-order valence-corrected chi connectivity index (χ2v) is 6.12. The third-order valence-corrected chi connectivity index (χ3v) is 4.50. The number of hydrogen-bond donors (Lipinski definition) is 1. The van der Waals surface area contributed by atoms with Crippen LogP contribution in [0.1, 0.15) is 37.3 Å². The van der Waals surface area contributed by atoms with Crippen LogP contribution >= 0.6 is 0 Å². The zero-order valence-corrected chi connectivity index (χ0v) is 13.1. The second-order valence-electron chi connectivity index (χ2n) is 6.12. The summed E-state index contributed by atoms with van der Waals surface area (Å²) in [7, 11) is 1.91. The molecule has 1 amide bonds. The van der Waals surface area contributed by atoms with Crippen molar-refractivity contribution in [2.45, 2.75) is 40.0 Å². The van der Waals surface area contributed by atoms with Crippen LogP contribution in [-0.2, 0) is 4.79 Å². The van der Waals surface area contributed by atoms with E-state index in [0.717, 1.165) is 38.0 Å². The maximum Gasteiger partial charge on any atom is 0.234 e. The minimum atomic E-state index is -0.231. The van der Waals surface area contributed by atoms with Gasteiger partial charge < -0.3 is 10.2 Å². The zero-order chi connectivity index (χ0) is 14.8. The van der Waals surface area contributed by atoms with Crippen molar-refractivity contribution >= 4 is 11.6 Å². The van der Waals surface area contributed by atoms with Gasteiger partial charge in [0.1, 0.15) is 0 Å². The summed E-state index contributed by atoms with van der Waals surface area (Å²) in [6.45, 7) is 8.11. The molecule has 1 N–H and O–H groups in total. The van der Waals surface area contributed by atoms with Crippen LogP contribution in [0.25, 0.3) is 0 Å². The Morgan fingerprint density at radius 3 is 2.45 bits per heavy atom. The number of anilines is 1. The van der Waals surface area contributed by atoms with Crippen molar-refractivity contribution < 1.29 is 4.79 Å². The fourth-order valence-electron chi connectivity index (χ4n) is 3.22. The molecule has 1 aliphatic rings. The molecule has 1 aliphatic heterocycles. The van der Waals surface area contributed by atoms with E-state index >= 15 is 0 Å². The minimum Gasteiger partial charge on any atom is -0.316 e. The van der Waals surface area contributed by atoms with Crippen molar-refractivity contribution in [2.75, 3.05) is 25.0 Å². The molecule has 20 heavy (non-hydrogen) atoms. The van der Waals surface area contributed by atoms with E-state index in [1.54, 1.807) is 0 Å². The van der Waals surface area contributed by atoms with Crippen molar-refractivity contribution in [3.63, 3.8) is 0 Å². The van der Waals surface area contributed by atoms with E-state index in [2.05, 4.69) is 44.3 Å². The molecule has 1 aromatic carbocycles. The van der Waals surface area contributed by atoms with Gasteiger partial charge in [-0.25, -0.2) is 0 Å². The number of piperidine rings is 1. The van der Waals surface area contributed by atoms with Gasteiger partial charge in [0, 0.05) is 19.3 Å². The normalized spacial score (nSPS) is 22.6. The summed E-state index contributed by atoms with van der Waals surface area (Å²) in [4.78, 5) is 14.8. The Labute approximate surface area is 122 Å². The lowest BCUT2D eigenvalue weighted by Crippen LogP contribution is -2.50. The molecule has 1 unspecified atom stereocenters. The smallest absolute Gasteiger partial charge is 0.234 e. The van der Waals surface area contributed by atoms with Gasteiger partial charge in [0.05, 0.1) is 5.41 Å². The van der Waals surface area contributed by atoms with E-state index in [1.165, 1.54) is 11.1 Å². The summed E-state index contributed by atoms with van der Waals surface area (Å²) in [6.07, 6.45) is 2.97. The Balaban J connectivity index is 2.26. The Hall–Kier alpha value is -1.35. The van der Waals surface area contributed by atoms with Crippen molar-refractivity contribution in [3.05, 3.63) is 29.3 Å². The first-order chi connectivity index (χ1) is 9.48. The van der Waals surface area contributed by atoms with Gasteiger partial charge in [-0.15, -0.1) is 0 Å². The number of benzene rings is 1. The molecule has 3 heteroatoms. The first kappa shape index (κ1) is 15.0. The number of rotatable bonds is 3. The average molecular weight is 274 g/mol. The van der Waals surface area contributed by atoms with Crippen LogP contribution < -0.4 is 10.2 Å². The van der Waals surface area contributed by atoms with Crippen LogP contribution in [0.5, 0.6) is 0 Å². The number of aryl methyl sites for hydroxylation is 2. The summed E-state index contributed by atoms with van der Waals surface area (Å²) in [5.41, 5.74) is 3.18. The Kier molecular flexibility index (Phi) is 4.48. The van der Waals surface area contributed by atoms with E-state index in [4.69, 9.17) is 0 Å².